The van der Waals surface area contributed by atoms with Gasteiger partial charge in [-0.15, -0.1) is 0 Å². The number of halogens is 1. The van der Waals surface area contributed by atoms with Crippen LogP contribution in [0.1, 0.15) is 19.8 Å². The van der Waals surface area contributed by atoms with E-state index in [-0.39, 0.29) is 0 Å². The number of nitrogen functional groups attached to an aromatic ring is 1. The van der Waals surface area contributed by atoms with Crippen LogP contribution in [0.4, 0.5) is 5.69 Å². The molecule has 0 radical (unpaired) electrons. The van der Waals surface area contributed by atoms with E-state index in [0.29, 0.717) is 0 Å². The van der Waals surface area contributed by atoms with Gasteiger partial charge >= 0.3 is 0 Å². The average molecular weight is 233 g/mol. The molecule has 0 bridgehead atoms. The van der Waals surface area contributed by atoms with Crippen molar-refractivity contribution in [1.82, 2.24) is 0 Å². The minimum atomic E-state index is 0.784. The number of rotatable bonds is 5. The van der Waals surface area contributed by atoms with Gasteiger partial charge in [0.2, 0.25) is 0 Å². The van der Waals surface area contributed by atoms with Crippen LogP contribution in [0.25, 0.3) is 0 Å². The molecule has 0 amide bonds. The summed E-state index contributed by atoms with van der Waals surface area (Å²) in [7, 11) is 0. The molecule has 0 atom stereocenters. The van der Waals surface area contributed by atoms with E-state index in [1.807, 2.05) is 24.3 Å². The molecule has 0 spiro atoms. The second-order valence-corrected chi connectivity index (χ2v) is 2.87. The summed E-state index contributed by atoms with van der Waals surface area (Å²) in [6, 6.07) is 7.60. The molecule has 0 saturated heterocycles. The van der Waals surface area contributed by atoms with Gasteiger partial charge in [0, 0.05) is 5.69 Å². The van der Waals surface area contributed by atoms with Crippen LogP contribution in [0, 0.1) is 0 Å². The largest absolute Gasteiger partial charge is 0.494 e. The van der Waals surface area contributed by atoms with Gasteiger partial charge in [-0.3, -0.25) is 10.5 Å². The molecule has 15 heavy (non-hydrogen) atoms. The zero-order chi connectivity index (χ0) is 11.5. The van der Waals surface area contributed by atoms with Crippen LogP contribution in [-0.2, 0) is 0 Å². The van der Waals surface area contributed by atoms with Crippen molar-refractivity contribution in [3.8, 4) is 5.75 Å². The summed E-state index contributed by atoms with van der Waals surface area (Å²) in [6.45, 7) is 2.93. The van der Waals surface area contributed by atoms with E-state index >= 15 is 0 Å². The number of nitrogens with two attached hydrogens (primary N) is 1. The van der Waals surface area contributed by atoms with Crippen LogP contribution in [0.5, 0.6) is 5.75 Å². The van der Waals surface area contributed by atoms with Gasteiger partial charge < -0.3 is 10.2 Å². The maximum absolute atomic E-state index is 6.47. The first kappa shape index (κ1) is 14.0. The smallest absolute Gasteiger partial charge is 0.119 e. The van der Waals surface area contributed by atoms with Crippen LogP contribution in [0.3, 0.4) is 0 Å². The summed E-state index contributed by atoms with van der Waals surface area (Å²) >= 11 is 3.64. The minimum Gasteiger partial charge on any atom is -0.494 e. The van der Waals surface area contributed by atoms with Crippen molar-refractivity contribution in [1.29, 1.82) is 0 Å². The van der Waals surface area contributed by atoms with Crippen molar-refractivity contribution in [2.45, 2.75) is 19.8 Å². The number of ether oxygens (including phenoxy) is 1. The lowest BCUT2D eigenvalue weighted by molar-refractivity contribution is 0.309. The molecule has 0 aliphatic heterocycles. The first-order chi connectivity index (χ1) is 7.36. The van der Waals surface area contributed by atoms with Crippen molar-refractivity contribution in [3.05, 3.63) is 24.3 Å². The van der Waals surface area contributed by atoms with Gasteiger partial charge in [0.25, 0.3) is 0 Å². The molecule has 0 fully saturated rings. The van der Waals surface area contributed by atoms with Gasteiger partial charge in [0.1, 0.15) is 5.75 Å². The molecule has 0 aromatic heterocycles. The summed E-state index contributed by atoms with van der Waals surface area (Å²) in [4.78, 5) is 0. The van der Waals surface area contributed by atoms with Crippen LogP contribution in [0.15, 0.2) is 24.3 Å². The van der Waals surface area contributed by atoms with Gasteiger partial charge in [0.15, 0.2) is 0 Å². The zero-order valence-electron chi connectivity index (χ0n) is 8.74. The molecular weight excluding hydrogens is 216 g/mol. The van der Waals surface area contributed by atoms with E-state index in [4.69, 9.17) is 15.2 Å². The molecule has 1 aromatic carbocycles. The molecule has 4 N–H and O–H groups in total. The number of hydrazine groups is 1. The SMILES string of the molecule is CCCCOc1ccc(NN)cc1.OCl. The van der Waals surface area contributed by atoms with E-state index in [9.17, 15) is 0 Å². The third kappa shape index (κ3) is 6.17. The third-order valence-electron chi connectivity index (χ3n) is 1.79. The molecule has 0 heterocycles. The summed E-state index contributed by atoms with van der Waals surface area (Å²) < 4.78 is 11.9. The maximum Gasteiger partial charge on any atom is 0.119 e. The summed E-state index contributed by atoms with van der Waals surface area (Å²) in [5.74, 6) is 6.13. The molecule has 0 aliphatic rings. The number of nitrogens with one attached hydrogen (secondary N) is 1. The van der Waals surface area contributed by atoms with E-state index < -0.39 is 0 Å². The Kier molecular flexibility index (Phi) is 8.96. The van der Waals surface area contributed by atoms with Gasteiger partial charge in [0.05, 0.1) is 18.5 Å². The quantitative estimate of drug-likeness (QED) is 0.414. The molecule has 0 saturated carbocycles. The maximum atomic E-state index is 6.47. The highest BCUT2D eigenvalue weighted by Crippen LogP contribution is 2.14. The first-order valence-corrected chi connectivity index (χ1v) is 5.07. The average Bonchev–Trinajstić information content (AvgIpc) is 2.33. The van der Waals surface area contributed by atoms with E-state index in [1.54, 1.807) is 0 Å². The lowest BCUT2D eigenvalue weighted by Crippen LogP contribution is -2.06. The van der Waals surface area contributed by atoms with Crippen LogP contribution in [0.2, 0.25) is 0 Å². The van der Waals surface area contributed by atoms with E-state index in [0.717, 1.165) is 30.9 Å². The fraction of sp³-hybridized carbons (Fsp3) is 0.400. The molecule has 0 unspecified atom stereocenters. The lowest BCUT2D eigenvalue weighted by Gasteiger charge is -2.05. The second-order valence-electron chi connectivity index (χ2n) is 2.87. The summed E-state index contributed by atoms with van der Waals surface area (Å²) in [5.41, 5.74) is 3.46. The van der Waals surface area contributed by atoms with E-state index in [1.165, 1.54) is 0 Å². The Bertz CT molecular complexity index is 242. The number of anilines is 1. The highest BCUT2D eigenvalue weighted by molar-refractivity contribution is 6.04. The van der Waals surface area contributed by atoms with Crippen LogP contribution < -0.4 is 16.0 Å². The first-order valence-electron chi connectivity index (χ1n) is 4.73. The Morgan fingerprint density at radius 2 is 1.93 bits per heavy atom. The monoisotopic (exact) mass is 232 g/mol. The Labute approximate surface area is 95.1 Å². The Balaban J connectivity index is 0.000000921. The number of hydrogen-bond acceptors (Lipinski definition) is 4. The fourth-order valence-corrected chi connectivity index (χ4v) is 0.982. The molecule has 86 valence electrons. The van der Waals surface area contributed by atoms with Crippen molar-refractivity contribution in [2.75, 3.05) is 12.0 Å². The van der Waals surface area contributed by atoms with Gasteiger partial charge in [-0.05, 0) is 30.7 Å². The van der Waals surface area contributed by atoms with Crippen LogP contribution in [-0.4, -0.2) is 11.3 Å². The number of benzene rings is 1. The minimum absolute atomic E-state index is 0.784. The molecule has 0 aliphatic carbocycles. The lowest BCUT2D eigenvalue weighted by atomic mass is 10.3. The predicted octanol–water partition coefficient (Wildman–Crippen LogP) is 2.28. The topological polar surface area (TPSA) is 67.5 Å². The molecule has 5 heteroatoms. The zero-order valence-corrected chi connectivity index (χ0v) is 9.50. The van der Waals surface area contributed by atoms with Crippen LogP contribution >= 0.6 is 11.9 Å². The van der Waals surface area contributed by atoms with Gasteiger partial charge in [-0.2, -0.15) is 0 Å². The highest BCUT2D eigenvalue weighted by Gasteiger charge is 1.92. The molecule has 4 nitrogen and oxygen atoms in total. The number of unbranched alkanes of at least 4 members (excludes halogenated alkanes) is 1. The molecule has 1 aromatic rings. The standard InChI is InChI=1S/C10H16N2O.ClHO/c1-2-3-8-13-10-6-4-9(12-11)5-7-10;1-2/h4-7,12H,2-3,8,11H2,1H3;2H. The Morgan fingerprint density at radius 3 is 2.40 bits per heavy atom. The fourth-order valence-electron chi connectivity index (χ4n) is 0.982. The van der Waals surface area contributed by atoms with Gasteiger partial charge in [-0.25, -0.2) is 0 Å². The molecular formula is C10H17ClN2O2. The van der Waals surface area contributed by atoms with E-state index in [2.05, 4.69) is 24.2 Å². The highest BCUT2D eigenvalue weighted by atomic mass is 35.5. The predicted molar refractivity (Wildman–Crippen MR) is 62.7 cm³/mol. The Morgan fingerprint density at radius 1 is 1.33 bits per heavy atom. The van der Waals surface area contributed by atoms with Crippen molar-refractivity contribution < 1.29 is 9.40 Å². The second kappa shape index (κ2) is 9.58. The molecule has 1 rings (SSSR count). The Hall–Kier alpha value is -0.970. The summed E-state index contributed by atoms with van der Waals surface area (Å²) in [5, 5.41) is 0. The number of hydrogen-bond donors (Lipinski definition) is 3. The third-order valence-corrected chi connectivity index (χ3v) is 1.79. The van der Waals surface area contributed by atoms with Crippen molar-refractivity contribution >= 4 is 17.6 Å². The summed E-state index contributed by atoms with van der Waals surface area (Å²) in [6.07, 6.45) is 2.25. The van der Waals surface area contributed by atoms with Crippen molar-refractivity contribution in [3.63, 3.8) is 0 Å². The normalized spacial score (nSPS) is 8.80. The van der Waals surface area contributed by atoms with Gasteiger partial charge in [-0.1, -0.05) is 13.3 Å². The van der Waals surface area contributed by atoms with Crippen molar-refractivity contribution in [2.24, 2.45) is 5.84 Å².